The van der Waals surface area contributed by atoms with Gasteiger partial charge in [0, 0.05) is 35.2 Å². The Morgan fingerprint density at radius 1 is 1.27 bits per heavy atom. The number of aromatic amines is 1. The van der Waals surface area contributed by atoms with E-state index in [0.717, 1.165) is 16.6 Å². The van der Waals surface area contributed by atoms with Crippen LogP contribution in [0.4, 0.5) is 0 Å². The smallest absolute Gasteiger partial charge is 0.333 e. The van der Waals surface area contributed by atoms with Gasteiger partial charge in [-0.2, -0.15) is 0 Å². The first-order valence-electron chi connectivity index (χ1n) is 8.04. The third-order valence-electron chi connectivity index (χ3n) is 4.50. The SMILES string of the molecule is CCn1c(=O)n(Cc2cc3c(Cl)cccc3[nH]2)c(=O)c2c1nc(Br)n2C. The zero-order chi connectivity index (χ0) is 18.6. The van der Waals surface area contributed by atoms with Crippen molar-refractivity contribution in [2.75, 3.05) is 0 Å². The van der Waals surface area contributed by atoms with E-state index in [9.17, 15) is 9.59 Å². The van der Waals surface area contributed by atoms with Gasteiger partial charge in [0.1, 0.15) is 0 Å². The number of aromatic nitrogens is 5. The Morgan fingerprint density at radius 2 is 2.04 bits per heavy atom. The minimum absolute atomic E-state index is 0.126. The van der Waals surface area contributed by atoms with E-state index in [-0.39, 0.29) is 17.8 Å². The van der Waals surface area contributed by atoms with Crippen molar-refractivity contribution < 1.29 is 0 Å². The molecule has 0 aliphatic rings. The van der Waals surface area contributed by atoms with Crippen LogP contribution in [0.1, 0.15) is 12.6 Å². The van der Waals surface area contributed by atoms with E-state index in [1.54, 1.807) is 17.7 Å². The summed E-state index contributed by atoms with van der Waals surface area (Å²) in [5.41, 5.74) is 1.59. The van der Waals surface area contributed by atoms with Gasteiger partial charge >= 0.3 is 5.69 Å². The van der Waals surface area contributed by atoms with Gasteiger partial charge in [-0.1, -0.05) is 17.7 Å². The summed E-state index contributed by atoms with van der Waals surface area (Å²) in [6, 6.07) is 7.42. The number of hydrogen-bond donors (Lipinski definition) is 1. The van der Waals surface area contributed by atoms with Crippen LogP contribution >= 0.6 is 27.5 Å². The highest BCUT2D eigenvalue weighted by molar-refractivity contribution is 9.10. The normalized spacial score (nSPS) is 11.7. The molecule has 3 heterocycles. The maximum Gasteiger partial charge on any atom is 0.333 e. The Kier molecular flexibility index (Phi) is 4.04. The molecular weight excluding hydrogens is 422 g/mol. The lowest BCUT2D eigenvalue weighted by atomic mass is 10.2. The van der Waals surface area contributed by atoms with Crippen LogP contribution in [0.3, 0.4) is 0 Å². The first kappa shape index (κ1) is 17.1. The molecule has 0 amide bonds. The van der Waals surface area contributed by atoms with Gasteiger partial charge in [-0.05, 0) is 41.1 Å². The van der Waals surface area contributed by atoms with Crippen LogP contribution in [0.25, 0.3) is 22.1 Å². The average molecular weight is 437 g/mol. The number of aryl methyl sites for hydroxylation is 2. The van der Waals surface area contributed by atoms with Gasteiger partial charge in [0.25, 0.3) is 5.56 Å². The van der Waals surface area contributed by atoms with E-state index in [0.29, 0.717) is 27.5 Å². The summed E-state index contributed by atoms with van der Waals surface area (Å²) in [5.74, 6) is 0. The second-order valence-corrected chi connectivity index (χ2v) is 7.14. The molecule has 3 aromatic heterocycles. The van der Waals surface area contributed by atoms with Gasteiger partial charge in [-0.15, -0.1) is 0 Å². The number of halogens is 2. The number of rotatable bonds is 3. The highest BCUT2D eigenvalue weighted by Crippen LogP contribution is 2.24. The van der Waals surface area contributed by atoms with Crippen molar-refractivity contribution in [1.82, 2.24) is 23.7 Å². The van der Waals surface area contributed by atoms with Crippen molar-refractivity contribution in [2.24, 2.45) is 7.05 Å². The summed E-state index contributed by atoms with van der Waals surface area (Å²) in [6.07, 6.45) is 0. The summed E-state index contributed by atoms with van der Waals surface area (Å²) in [4.78, 5) is 33.4. The summed E-state index contributed by atoms with van der Waals surface area (Å²) >= 11 is 9.53. The zero-order valence-electron chi connectivity index (χ0n) is 14.1. The van der Waals surface area contributed by atoms with Crippen molar-refractivity contribution >= 4 is 49.6 Å². The van der Waals surface area contributed by atoms with E-state index < -0.39 is 0 Å². The van der Waals surface area contributed by atoms with E-state index in [1.165, 1.54) is 9.13 Å². The Balaban J connectivity index is 1.96. The van der Waals surface area contributed by atoms with Crippen molar-refractivity contribution in [2.45, 2.75) is 20.0 Å². The molecule has 1 aromatic carbocycles. The lowest BCUT2D eigenvalue weighted by molar-refractivity contribution is 0.613. The molecule has 4 rings (SSSR count). The molecule has 0 saturated carbocycles. The molecule has 0 atom stereocenters. The maximum atomic E-state index is 13.0. The summed E-state index contributed by atoms with van der Waals surface area (Å²) in [5, 5.41) is 1.48. The Labute approximate surface area is 161 Å². The van der Waals surface area contributed by atoms with Crippen molar-refractivity contribution in [3.05, 3.63) is 60.6 Å². The molecule has 0 aliphatic heterocycles. The molecule has 0 radical (unpaired) electrons. The fourth-order valence-corrected chi connectivity index (χ4v) is 3.77. The lowest BCUT2D eigenvalue weighted by Crippen LogP contribution is -2.40. The molecule has 26 heavy (non-hydrogen) atoms. The number of nitrogens with zero attached hydrogens (tertiary/aromatic N) is 4. The van der Waals surface area contributed by atoms with Crippen LogP contribution < -0.4 is 11.2 Å². The first-order chi connectivity index (χ1) is 12.4. The van der Waals surface area contributed by atoms with Gasteiger partial charge < -0.3 is 9.55 Å². The minimum Gasteiger partial charge on any atom is -0.357 e. The molecular formula is C17H15BrClN5O2. The number of fused-ring (bicyclic) bond motifs is 2. The van der Waals surface area contributed by atoms with Crippen LogP contribution in [0.2, 0.25) is 5.02 Å². The Morgan fingerprint density at radius 3 is 2.73 bits per heavy atom. The third-order valence-corrected chi connectivity index (χ3v) is 5.54. The fourth-order valence-electron chi connectivity index (χ4n) is 3.19. The standard InChI is InChI=1S/C17H15BrClN5O2/c1-3-23-14-13(22(2)16(18)21-14)15(25)24(17(23)26)8-9-7-10-11(19)5-4-6-12(10)20-9/h4-7,20H,3,8H2,1-2H3. The van der Waals surface area contributed by atoms with Crippen LogP contribution in [-0.4, -0.2) is 23.7 Å². The van der Waals surface area contributed by atoms with Crippen LogP contribution in [-0.2, 0) is 20.1 Å². The summed E-state index contributed by atoms with van der Waals surface area (Å²) in [7, 11) is 1.73. The number of nitrogens with one attached hydrogen (secondary N) is 1. The maximum absolute atomic E-state index is 13.0. The molecule has 0 unspecified atom stereocenters. The highest BCUT2D eigenvalue weighted by Gasteiger charge is 2.19. The molecule has 134 valence electrons. The number of benzene rings is 1. The average Bonchev–Trinajstić information content (AvgIpc) is 3.15. The third kappa shape index (κ3) is 2.44. The molecule has 7 nitrogen and oxygen atoms in total. The number of hydrogen-bond acceptors (Lipinski definition) is 3. The molecule has 9 heteroatoms. The second-order valence-electron chi connectivity index (χ2n) is 6.03. The van der Waals surface area contributed by atoms with Gasteiger partial charge in [0.2, 0.25) is 0 Å². The van der Waals surface area contributed by atoms with E-state index >= 15 is 0 Å². The van der Waals surface area contributed by atoms with E-state index in [4.69, 9.17) is 11.6 Å². The van der Waals surface area contributed by atoms with Crippen LogP contribution in [0.5, 0.6) is 0 Å². The minimum atomic E-state index is -0.389. The van der Waals surface area contributed by atoms with Gasteiger partial charge in [0.15, 0.2) is 15.9 Å². The predicted molar refractivity (Wildman–Crippen MR) is 105 cm³/mol. The van der Waals surface area contributed by atoms with Crippen molar-refractivity contribution in [1.29, 1.82) is 0 Å². The van der Waals surface area contributed by atoms with Gasteiger partial charge in [0.05, 0.1) is 6.54 Å². The van der Waals surface area contributed by atoms with Gasteiger partial charge in [-0.3, -0.25) is 13.9 Å². The molecule has 0 aliphatic carbocycles. The summed E-state index contributed by atoms with van der Waals surface area (Å²) in [6.45, 7) is 2.39. The largest absolute Gasteiger partial charge is 0.357 e. The van der Waals surface area contributed by atoms with Gasteiger partial charge in [-0.25, -0.2) is 9.78 Å². The molecule has 0 bridgehead atoms. The highest BCUT2D eigenvalue weighted by atomic mass is 79.9. The Bertz CT molecular complexity index is 1280. The quantitative estimate of drug-likeness (QED) is 0.502. The van der Waals surface area contributed by atoms with Crippen molar-refractivity contribution in [3.63, 3.8) is 0 Å². The fraction of sp³-hybridized carbons (Fsp3) is 0.235. The molecule has 0 spiro atoms. The topological polar surface area (TPSA) is 77.6 Å². The second kappa shape index (κ2) is 6.14. The van der Waals surface area contributed by atoms with Crippen LogP contribution in [0, 0.1) is 0 Å². The first-order valence-corrected chi connectivity index (χ1v) is 9.21. The van der Waals surface area contributed by atoms with E-state index in [2.05, 4.69) is 25.9 Å². The molecule has 4 aromatic rings. The monoisotopic (exact) mass is 435 g/mol. The van der Waals surface area contributed by atoms with Crippen LogP contribution in [0.15, 0.2) is 38.6 Å². The van der Waals surface area contributed by atoms with E-state index in [1.807, 2.05) is 25.1 Å². The Hall–Kier alpha value is -2.32. The molecule has 0 saturated heterocycles. The lowest BCUT2D eigenvalue weighted by Gasteiger charge is -2.09. The number of H-pyrrole nitrogens is 1. The molecule has 0 fully saturated rings. The zero-order valence-corrected chi connectivity index (χ0v) is 16.4. The molecule has 1 N–H and O–H groups in total. The van der Waals surface area contributed by atoms with Crippen molar-refractivity contribution in [3.8, 4) is 0 Å². The predicted octanol–water partition coefficient (Wildman–Crippen LogP) is 2.86. The number of imidazole rings is 1. The summed E-state index contributed by atoms with van der Waals surface area (Å²) < 4.78 is 4.86.